The van der Waals surface area contributed by atoms with Crippen LogP contribution in [-0.2, 0) is 46.4 Å². The van der Waals surface area contributed by atoms with Crippen LogP contribution in [0.1, 0.15) is 87.9 Å². The van der Waals surface area contributed by atoms with Crippen LogP contribution >= 0.6 is 12.2 Å². The average molecular weight is 766 g/mol. The molecule has 0 saturated heterocycles. The molecule has 288 valence electrons. The van der Waals surface area contributed by atoms with Crippen LogP contribution in [0, 0.1) is 29.5 Å². The molecule has 5 atom stereocenters. The summed E-state index contributed by atoms with van der Waals surface area (Å²) >= 11 is 5.85. The van der Waals surface area contributed by atoms with Gasteiger partial charge in [0.25, 0.3) is 0 Å². The second kappa shape index (κ2) is 17.3. The van der Waals surface area contributed by atoms with Gasteiger partial charge in [0.2, 0.25) is 5.91 Å². The molecule has 5 rings (SSSR count). The molecule has 2 aromatic heterocycles. The number of aryl methyl sites for hydroxylation is 1. The maximum atomic E-state index is 14.9. The molecule has 0 saturated carbocycles. The Balaban J connectivity index is 1.49. The average Bonchev–Trinajstić information content (AvgIpc) is 3.52. The summed E-state index contributed by atoms with van der Waals surface area (Å²) in [6, 6.07) is 11.7. The molecule has 1 amide bonds. The number of Topliss-reactive ketones (excluding diaryl/α,β-unsaturated/α-hetero) is 2. The number of halogens is 4. The summed E-state index contributed by atoms with van der Waals surface area (Å²) < 4.78 is 56.7. The lowest BCUT2D eigenvalue weighted by molar-refractivity contribution is -0.137. The molecule has 0 fully saturated rings. The zero-order valence-electron chi connectivity index (χ0n) is 31.0. The number of carbonyl (C=O) groups excluding carboxylic acids is 3. The van der Waals surface area contributed by atoms with Crippen molar-refractivity contribution >= 4 is 45.6 Å². The predicted molar refractivity (Wildman–Crippen MR) is 203 cm³/mol. The summed E-state index contributed by atoms with van der Waals surface area (Å²) in [6.45, 7) is 8.07. The van der Waals surface area contributed by atoms with Crippen molar-refractivity contribution in [1.82, 2.24) is 25.6 Å². The number of nitrogens with zero attached hydrogens (tertiary/aromatic N) is 2. The topological polar surface area (TPSA) is 117 Å². The molecule has 0 spiro atoms. The second-order valence-corrected chi connectivity index (χ2v) is 15.0. The number of para-hydroxylation sites is 1. The molecular formula is C41H47F4N5O3S. The van der Waals surface area contributed by atoms with Crippen molar-refractivity contribution in [3.05, 3.63) is 95.0 Å². The first-order valence-electron chi connectivity index (χ1n) is 18.5. The van der Waals surface area contributed by atoms with Gasteiger partial charge in [0.1, 0.15) is 23.5 Å². The van der Waals surface area contributed by atoms with Gasteiger partial charge in [0.05, 0.1) is 28.3 Å². The molecule has 0 aliphatic heterocycles. The highest BCUT2D eigenvalue weighted by atomic mass is 32.1. The zero-order chi connectivity index (χ0) is 39.2. The lowest BCUT2D eigenvalue weighted by atomic mass is 9.72. The van der Waals surface area contributed by atoms with Crippen LogP contribution in [0.25, 0.3) is 10.9 Å². The molecule has 0 bridgehead atoms. The van der Waals surface area contributed by atoms with Crippen LogP contribution < -0.4 is 10.6 Å². The summed E-state index contributed by atoms with van der Waals surface area (Å²) in [6.07, 6.45) is -0.383. The van der Waals surface area contributed by atoms with Crippen LogP contribution in [-0.4, -0.2) is 43.0 Å². The third-order valence-corrected chi connectivity index (χ3v) is 11.6. The van der Waals surface area contributed by atoms with Crippen molar-refractivity contribution in [3.8, 4) is 0 Å². The standard InChI is InChI=1S/C41H47F4N5O3S/c1-5-24(3)30(19-28(51)18-26-10-7-8-13-34(26)42)38(53)50-40(16-14-35-32(21-40)29-11-9-12-33(37(29)49-35)41(43,44)45)36(52)20-31(25(4)6-2)39(54)47-22-27-15-17-46-23-48-27/h7-13,15,17,23-25,30-31,49H,5-6,14,16,18-22H2,1-4H3,(H,47,54)(H,50,53)/t24?,25?,30-,31-,40+/m0/s1. The number of aromatic nitrogens is 3. The SMILES string of the molecule is CCC(C)[C@H](CC(=O)Cc1ccccc1F)C(=O)N[C@]1(C(=O)C[C@H](C(=S)NCc2ccncn2)C(C)CC)CCc2[nH]c3c(C(F)(F)F)cccc3c2C1. The minimum absolute atomic E-state index is 0.0300. The fourth-order valence-electron chi connectivity index (χ4n) is 7.42. The highest BCUT2D eigenvalue weighted by molar-refractivity contribution is 7.80. The Hall–Kier alpha value is -4.52. The van der Waals surface area contributed by atoms with Gasteiger partial charge in [-0.1, -0.05) is 83.1 Å². The summed E-state index contributed by atoms with van der Waals surface area (Å²) in [5, 5.41) is 6.68. The van der Waals surface area contributed by atoms with Crippen molar-refractivity contribution in [2.24, 2.45) is 23.7 Å². The van der Waals surface area contributed by atoms with Gasteiger partial charge in [-0.05, 0) is 54.0 Å². The van der Waals surface area contributed by atoms with Crippen molar-refractivity contribution < 1.29 is 31.9 Å². The number of aromatic amines is 1. The van der Waals surface area contributed by atoms with E-state index in [2.05, 4.69) is 25.6 Å². The Morgan fingerprint density at radius 3 is 2.37 bits per heavy atom. The van der Waals surface area contributed by atoms with Gasteiger partial charge in [-0.3, -0.25) is 14.4 Å². The first kappa shape index (κ1) is 40.7. The highest BCUT2D eigenvalue weighted by Crippen LogP contribution is 2.41. The van der Waals surface area contributed by atoms with Crippen molar-refractivity contribution in [2.45, 2.75) is 97.3 Å². The number of nitrogens with one attached hydrogen (secondary N) is 3. The normalized spacial score (nSPS) is 17.9. The highest BCUT2D eigenvalue weighted by Gasteiger charge is 2.46. The van der Waals surface area contributed by atoms with Crippen LogP contribution in [0.4, 0.5) is 17.6 Å². The van der Waals surface area contributed by atoms with E-state index in [1.54, 1.807) is 24.4 Å². The Morgan fingerprint density at radius 1 is 0.981 bits per heavy atom. The Labute approximate surface area is 318 Å². The van der Waals surface area contributed by atoms with E-state index in [1.807, 2.05) is 27.7 Å². The molecule has 8 nitrogen and oxygen atoms in total. The number of H-pyrrole nitrogens is 1. The van der Waals surface area contributed by atoms with E-state index in [0.29, 0.717) is 46.7 Å². The number of benzene rings is 2. The molecule has 2 aromatic carbocycles. The van der Waals surface area contributed by atoms with Gasteiger partial charge >= 0.3 is 6.18 Å². The molecule has 0 radical (unpaired) electrons. The monoisotopic (exact) mass is 765 g/mol. The van der Waals surface area contributed by atoms with E-state index in [0.717, 1.165) is 6.07 Å². The minimum Gasteiger partial charge on any atom is -0.374 e. The minimum atomic E-state index is -4.61. The first-order chi connectivity index (χ1) is 25.7. The van der Waals surface area contributed by atoms with Crippen molar-refractivity contribution in [3.63, 3.8) is 0 Å². The number of ketones is 2. The van der Waals surface area contributed by atoms with Crippen LogP contribution in [0.15, 0.2) is 61.1 Å². The maximum absolute atomic E-state index is 14.9. The molecule has 2 heterocycles. The Bertz CT molecular complexity index is 1980. The number of amides is 1. The quantitative estimate of drug-likeness (QED) is 0.0781. The molecule has 13 heteroatoms. The maximum Gasteiger partial charge on any atom is 0.418 e. The number of fused-ring (bicyclic) bond motifs is 3. The van der Waals surface area contributed by atoms with E-state index < -0.39 is 40.8 Å². The molecule has 1 aliphatic rings. The fourth-order valence-corrected chi connectivity index (χ4v) is 7.81. The molecule has 4 aromatic rings. The smallest absolute Gasteiger partial charge is 0.374 e. The van der Waals surface area contributed by atoms with Gasteiger partial charge in [0.15, 0.2) is 5.78 Å². The van der Waals surface area contributed by atoms with Crippen molar-refractivity contribution in [2.75, 3.05) is 0 Å². The van der Waals surface area contributed by atoms with E-state index in [1.165, 1.54) is 30.6 Å². The molecule has 2 unspecified atom stereocenters. The number of rotatable bonds is 16. The summed E-state index contributed by atoms with van der Waals surface area (Å²) in [5.74, 6) is -3.16. The van der Waals surface area contributed by atoms with Gasteiger partial charge in [0, 0.05) is 54.8 Å². The van der Waals surface area contributed by atoms with Gasteiger partial charge < -0.3 is 15.6 Å². The largest absolute Gasteiger partial charge is 0.418 e. The summed E-state index contributed by atoms with van der Waals surface area (Å²) in [5.41, 5.74) is -0.305. The number of hydrogen-bond acceptors (Lipinski definition) is 6. The van der Waals surface area contributed by atoms with Crippen LogP contribution in [0.3, 0.4) is 0 Å². The van der Waals surface area contributed by atoms with E-state index in [4.69, 9.17) is 12.2 Å². The number of alkyl halides is 3. The second-order valence-electron chi connectivity index (χ2n) is 14.6. The van der Waals surface area contributed by atoms with Crippen molar-refractivity contribution in [1.29, 1.82) is 0 Å². The molecule has 54 heavy (non-hydrogen) atoms. The van der Waals surface area contributed by atoms with E-state index >= 15 is 0 Å². The summed E-state index contributed by atoms with van der Waals surface area (Å²) in [7, 11) is 0. The predicted octanol–water partition coefficient (Wildman–Crippen LogP) is 8.06. The number of carbonyl (C=O) groups is 3. The Kier molecular flexibility index (Phi) is 13.0. The number of hydrogen-bond donors (Lipinski definition) is 3. The summed E-state index contributed by atoms with van der Waals surface area (Å²) in [4.78, 5) is 54.3. The first-order valence-corrected chi connectivity index (χ1v) is 18.9. The number of thiocarbonyl (C=S) groups is 1. The third-order valence-electron chi connectivity index (χ3n) is 11.1. The van der Waals surface area contributed by atoms with Gasteiger partial charge in [-0.15, -0.1) is 0 Å². The third kappa shape index (κ3) is 9.22. The Morgan fingerprint density at radius 2 is 1.70 bits per heavy atom. The van der Waals surface area contributed by atoms with E-state index in [-0.39, 0.29) is 73.0 Å². The van der Waals surface area contributed by atoms with Crippen LogP contribution in [0.2, 0.25) is 0 Å². The lowest BCUT2D eigenvalue weighted by Crippen LogP contribution is -2.60. The fraction of sp³-hybridized carbons (Fsp3) is 0.463. The lowest BCUT2D eigenvalue weighted by Gasteiger charge is -2.40. The zero-order valence-corrected chi connectivity index (χ0v) is 31.8. The molecule has 1 aliphatic carbocycles. The van der Waals surface area contributed by atoms with E-state index in [9.17, 15) is 31.9 Å². The van der Waals surface area contributed by atoms with Gasteiger partial charge in [-0.2, -0.15) is 13.2 Å². The van der Waals surface area contributed by atoms with Crippen LogP contribution in [0.5, 0.6) is 0 Å². The van der Waals surface area contributed by atoms with Gasteiger partial charge in [-0.25, -0.2) is 14.4 Å². The molecular weight excluding hydrogens is 719 g/mol. The molecule has 3 N–H and O–H groups in total.